The molecule has 1 aliphatic rings. The van der Waals surface area contributed by atoms with Gasteiger partial charge in [0.25, 0.3) is 0 Å². The van der Waals surface area contributed by atoms with Crippen LogP contribution in [0.4, 0.5) is 4.39 Å². The molecule has 5 heteroatoms. The minimum Gasteiger partial charge on any atom is -0.351 e. The topological polar surface area (TPSA) is 40.5 Å². The van der Waals surface area contributed by atoms with Gasteiger partial charge < -0.3 is 10.2 Å². The molecule has 25 heavy (non-hydrogen) atoms. The highest BCUT2D eigenvalue weighted by atomic mass is 19.1. The average Bonchev–Trinajstić information content (AvgIpc) is 3.07. The number of hydrogen-bond donors (Lipinski definition) is 1. The number of guanidine groups is 1. The number of likely N-dealkylation sites (tertiary alicyclic amines) is 1. The van der Waals surface area contributed by atoms with Crippen LogP contribution in [0.25, 0.3) is 0 Å². The van der Waals surface area contributed by atoms with Crippen LogP contribution >= 0.6 is 0 Å². The minimum absolute atomic E-state index is 0.175. The fourth-order valence-electron chi connectivity index (χ4n) is 3.34. The fraction of sp³-hybridized carbons (Fsp3) is 0.400. The molecule has 0 radical (unpaired) electrons. The number of aryl methyl sites for hydroxylation is 1. The molecule has 1 saturated heterocycles. The van der Waals surface area contributed by atoms with E-state index < -0.39 is 0 Å². The molecule has 1 unspecified atom stereocenters. The van der Waals surface area contributed by atoms with Gasteiger partial charge in [-0.25, -0.2) is 4.39 Å². The molecule has 0 saturated carbocycles. The van der Waals surface area contributed by atoms with Crippen LogP contribution < -0.4 is 5.32 Å². The first-order valence-corrected chi connectivity index (χ1v) is 8.76. The molecule has 1 N–H and O–H groups in total. The van der Waals surface area contributed by atoms with Crippen molar-refractivity contribution in [3.63, 3.8) is 0 Å². The van der Waals surface area contributed by atoms with E-state index in [2.05, 4.69) is 33.2 Å². The summed E-state index contributed by atoms with van der Waals surface area (Å²) in [7, 11) is 1.82. The van der Waals surface area contributed by atoms with Crippen molar-refractivity contribution in [3.05, 3.63) is 65.2 Å². The lowest BCUT2D eigenvalue weighted by Gasteiger charge is -2.22. The number of benzene rings is 1. The summed E-state index contributed by atoms with van der Waals surface area (Å²) < 4.78 is 13.0. The SMILES string of the molecule is CN=C(NCc1ncccc1C)N1CCC(Cc2ccc(F)cc2)C1. The summed E-state index contributed by atoms with van der Waals surface area (Å²) >= 11 is 0. The molecule has 0 amide bonds. The second kappa shape index (κ2) is 8.10. The lowest BCUT2D eigenvalue weighted by molar-refractivity contribution is 0.459. The Balaban J connectivity index is 1.54. The van der Waals surface area contributed by atoms with E-state index in [-0.39, 0.29) is 5.82 Å². The van der Waals surface area contributed by atoms with Crippen molar-refractivity contribution in [1.82, 2.24) is 15.2 Å². The Morgan fingerprint density at radius 1 is 1.32 bits per heavy atom. The minimum atomic E-state index is -0.175. The van der Waals surface area contributed by atoms with E-state index in [1.807, 2.05) is 31.4 Å². The Bertz CT molecular complexity index is 727. The van der Waals surface area contributed by atoms with E-state index in [1.165, 1.54) is 23.3 Å². The highest BCUT2D eigenvalue weighted by Gasteiger charge is 2.25. The Morgan fingerprint density at radius 3 is 2.84 bits per heavy atom. The van der Waals surface area contributed by atoms with Crippen LogP contribution in [0, 0.1) is 18.7 Å². The molecule has 1 fully saturated rings. The lowest BCUT2D eigenvalue weighted by Crippen LogP contribution is -2.40. The summed E-state index contributed by atoms with van der Waals surface area (Å²) in [5.41, 5.74) is 3.42. The van der Waals surface area contributed by atoms with Gasteiger partial charge in [0.15, 0.2) is 5.96 Å². The predicted octanol–water partition coefficient (Wildman–Crippen LogP) is 3.17. The summed E-state index contributed by atoms with van der Waals surface area (Å²) in [5, 5.41) is 3.42. The molecule has 132 valence electrons. The Kier molecular flexibility index (Phi) is 5.64. The molecule has 1 atom stereocenters. The van der Waals surface area contributed by atoms with Crippen LogP contribution in [0.2, 0.25) is 0 Å². The standard InChI is InChI=1S/C20H25FN4/c1-15-4-3-10-23-19(15)13-24-20(22-2)25-11-9-17(14-25)12-16-5-7-18(21)8-6-16/h3-8,10,17H,9,11-14H2,1-2H3,(H,22,24). The van der Waals surface area contributed by atoms with E-state index in [4.69, 9.17) is 0 Å². The maximum Gasteiger partial charge on any atom is 0.193 e. The molecule has 0 spiro atoms. The van der Waals surface area contributed by atoms with Crippen molar-refractivity contribution in [3.8, 4) is 0 Å². The number of nitrogens with zero attached hydrogens (tertiary/aromatic N) is 3. The zero-order chi connectivity index (χ0) is 17.6. The van der Waals surface area contributed by atoms with Gasteiger partial charge in [-0.1, -0.05) is 18.2 Å². The smallest absolute Gasteiger partial charge is 0.193 e. The second-order valence-electron chi connectivity index (χ2n) is 6.60. The van der Waals surface area contributed by atoms with Gasteiger partial charge in [0, 0.05) is 26.3 Å². The third kappa shape index (κ3) is 4.56. The first-order chi connectivity index (χ1) is 12.2. The summed E-state index contributed by atoms with van der Waals surface area (Å²) in [6.45, 7) is 4.71. The van der Waals surface area contributed by atoms with Crippen molar-refractivity contribution in [2.45, 2.75) is 26.3 Å². The highest BCUT2D eigenvalue weighted by molar-refractivity contribution is 5.80. The molecule has 2 aromatic rings. The molecule has 0 bridgehead atoms. The van der Waals surface area contributed by atoms with Crippen LogP contribution in [0.3, 0.4) is 0 Å². The average molecular weight is 340 g/mol. The van der Waals surface area contributed by atoms with Crippen molar-refractivity contribution < 1.29 is 4.39 Å². The second-order valence-corrected chi connectivity index (χ2v) is 6.60. The zero-order valence-corrected chi connectivity index (χ0v) is 14.9. The van der Waals surface area contributed by atoms with E-state index in [0.29, 0.717) is 12.5 Å². The molecular weight excluding hydrogens is 315 g/mol. The van der Waals surface area contributed by atoms with Crippen LogP contribution in [0.1, 0.15) is 23.2 Å². The first-order valence-electron chi connectivity index (χ1n) is 8.76. The van der Waals surface area contributed by atoms with Crippen molar-refractivity contribution in [2.75, 3.05) is 20.1 Å². The quantitative estimate of drug-likeness (QED) is 0.686. The largest absolute Gasteiger partial charge is 0.351 e. The number of aliphatic imine (C=N–C) groups is 1. The first kappa shape index (κ1) is 17.4. The highest BCUT2D eigenvalue weighted by Crippen LogP contribution is 2.21. The van der Waals surface area contributed by atoms with E-state index in [9.17, 15) is 4.39 Å². The molecule has 0 aliphatic carbocycles. The van der Waals surface area contributed by atoms with Gasteiger partial charge >= 0.3 is 0 Å². The monoisotopic (exact) mass is 340 g/mol. The van der Waals surface area contributed by atoms with Gasteiger partial charge in [0.05, 0.1) is 12.2 Å². The Labute approximate surface area is 148 Å². The maximum absolute atomic E-state index is 13.0. The van der Waals surface area contributed by atoms with Crippen LogP contribution in [-0.2, 0) is 13.0 Å². The number of pyridine rings is 1. The van der Waals surface area contributed by atoms with Gasteiger partial charge in [-0.2, -0.15) is 0 Å². The predicted molar refractivity (Wildman–Crippen MR) is 99.0 cm³/mol. The van der Waals surface area contributed by atoms with E-state index in [1.54, 1.807) is 0 Å². The van der Waals surface area contributed by atoms with Gasteiger partial charge in [-0.3, -0.25) is 9.98 Å². The number of hydrogen-bond acceptors (Lipinski definition) is 2. The van der Waals surface area contributed by atoms with Gasteiger partial charge in [-0.15, -0.1) is 0 Å². The van der Waals surface area contributed by atoms with Gasteiger partial charge in [0.1, 0.15) is 5.82 Å². The molecular formula is C20H25FN4. The molecule has 3 rings (SSSR count). The number of halogens is 1. The molecule has 2 heterocycles. The summed E-state index contributed by atoms with van der Waals surface area (Å²) in [5.74, 6) is 1.32. The van der Waals surface area contributed by atoms with Crippen LogP contribution in [-0.4, -0.2) is 36.0 Å². The zero-order valence-electron chi connectivity index (χ0n) is 14.9. The number of rotatable bonds is 4. The number of nitrogens with one attached hydrogen (secondary N) is 1. The molecule has 4 nitrogen and oxygen atoms in total. The van der Waals surface area contributed by atoms with Crippen LogP contribution in [0.5, 0.6) is 0 Å². The van der Waals surface area contributed by atoms with E-state index in [0.717, 1.165) is 37.6 Å². The number of aromatic nitrogens is 1. The lowest BCUT2D eigenvalue weighted by atomic mass is 9.99. The fourth-order valence-corrected chi connectivity index (χ4v) is 3.34. The summed E-state index contributed by atoms with van der Waals surface area (Å²) in [6, 6.07) is 10.9. The maximum atomic E-state index is 13.0. The molecule has 1 aromatic heterocycles. The summed E-state index contributed by atoms with van der Waals surface area (Å²) in [4.78, 5) is 11.1. The van der Waals surface area contributed by atoms with Crippen LogP contribution in [0.15, 0.2) is 47.6 Å². The summed E-state index contributed by atoms with van der Waals surface area (Å²) in [6.07, 6.45) is 3.93. The third-order valence-electron chi connectivity index (χ3n) is 4.77. The van der Waals surface area contributed by atoms with Gasteiger partial charge in [0.2, 0.25) is 0 Å². The molecule has 1 aliphatic heterocycles. The Hall–Kier alpha value is -2.43. The Morgan fingerprint density at radius 2 is 2.12 bits per heavy atom. The molecule has 1 aromatic carbocycles. The van der Waals surface area contributed by atoms with Crippen molar-refractivity contribution in [2.24, 2.45) is 10.9 Å². The third-order valence-corrected chi connectivity index (χ3v) is 4.77. The van der Waals surface area contributed by atoms with E-state index >= 15 is 0 Å². The van der Waals surface area contributed by atoms with Crippen molar-refractivity contribution >= 4 is 5.96 Å². The van der Waals surface area contributed by atoms with Crippen molar-refractivity contribution in [1.29, 1.82) is 0 Å². The van der Waals surface area contributed by atoms with Gasteiger partial charge in [-0.05, 0) is 55.0 Å². The normalized spacial score (nSPS) is 17.8.